The summed E-state index contributed by atoms with van der Waals surface area (Å²) in [4.78, 5) is 28.4. The van der Waals surface area contributed by atoms with Crippen LogP contribution in [0.15, 0.2) is 36.7 Å². The lowest BCUT2D eigenvalue weighted by Crippen LogP contribution is -2.36. The van der Waals surface area contributed by atoms with Crippen LogP contribution in [0.25, 0.3) is 11.2 Å². The van der Waals surface area contributed by atoms with Crippen LogP contribution in [-0.4, -0.2) is 50.6 Å². The predicted octanol–water partition coefficient (Wildman–Crippen LogP) is 2.94. The van der Waals surface area contributed by atoms with Crippen molar-refractivity contribution in [2.24, 2.45) is 0 Å². The third-order valence-electron chi connectivity index (χ3n) is 5.48. The zero-order valence-electron chi connectivity index (χ0n) is 17.0. The van der Waals surface area contributed by atoms with Crippen LogP contribution in [0.3, 0.4) is 0 Å². The first-order chi connectivity index (χ1) is 14.2. The van der Waals surface area contributed by atoms with E-state index in [0.717, 1.165) is 54.1 Å². The molecule has 1 amide bonds. The highest BCUT2D eigenvalue weighted by Crippen LogP contribution is 2.22. The number of pyridine rings is 2. The van der Waals surface area contributed by atoms with Crippen molar-refractivity contribution < 1.29 is 9.53 Å². The first-order valence-electron chi connectivity index (χ1n) is 10.2. The van der Waals surface area contributed by atoms with Crippen LogP contribution >= 0.6 is 0 Å². The molecule has 29 heavy (non-hydrogen) atoms. The van der Waals surface area contributed by atoms with E-state index in [2.05, 4.69) is 27.5 Å². The van der Waals surface area contributed by atoms with Gasteiger partial charge >= 0.3 is 0 Å². The molecule has 3 aromatic rings. The van der Waals surface area contributed by atoms with Crippen LogP contribution < -0.4 is 0 Å². The van der Waals surface area contributed by atoms with Gasteiger partial charge in [0.15, 0.2) is 5.65 Å². The fraction of sp³-hybridized carbons (Fsp3) is 0.455. The number of aryl methyl sites for hydroxylation is 1. The van der Waals surface area contributed by atoms with Crippen molar-refractivity contribution in [1.29, 1.82) is 0 Å². The molecule has 7 nitrogen and oxygen atoms in total. The third kappa shape index (κ3) is 4.15. The minimum absolute atomic E-state index is 0.136. The minimum atomic E-state index is 0.136. The van der Waals surface area contributed by atoms with Crippen LogP contribution in [0.1, 0.15) is 42.9 Å². The Bertz CT molecular complexity index is 1000. The molecule has 0 saturated heterocycles. The highest BCUT2D eigenvalue weighted by molar-refractivity contribution is 5.76. The average molecular weight is 393 g/mol. The van der Waals surface area contributed by atoms with E-state index in [1.54, 1.807) is 13.3 Å². The largest absolute Gasteiger partial charge is 0.383 e. The van der Waals surface area contributed by atoms with Gasteiger partial charge in [0.25, 0.3) is 0 Å². The second-order valence-corrected chi connectivity index (χ2v) is 7.58. The number of ether oxygens (including phenoxy) is 1. The Labute approximate surface area is 170 Å². The molecule has 7 heteroatoms. The molecule has 152 valence electrons. The summed E-state index contributed by atoms with van der Waals surface area (Å²) in [5.41, 5.74) is 4.04. The van der Waals surface area contributed by atoms with Crippen molar-refractivity contribution in [1.82, 2.24) is 24.4 Å². The lowest BCUT2D eigenvalue weighted by molar-refractivity contribution is -0.132. The van der Waals surface area contributed by atoms with Crippen LogP contribution in [0.5, 0.6) is 0 Å². The van der Waals surface area contributed by atoms with Gasteiger partial charge in [-0.25, -0.2) is 9.97 Å². The zero-order valence-corrected chi connectivity index (χ0v) is 17.0. The maximum atomic E-state index is 12.7. The third-order valence-corrected chi connectivity index (χ3v) is 5.48. The van der Waals surface area contributed by atoms with E-state index in [9.17, 15) is 4.79 Å². The van der Waals surface area contributed by atoms with Gasteiger partial charge in [-0.05, 0) is 37.1 Å². The van der Waals surface area contributed by atoms with E-state index in [1.807, 2.05) is 29.3 Å². The molecular formula is C22H27N5O2. The fourth-order valence-electron chi connectivity index (χ4n) is 4.07. The number of hydrogen-bond acceptors (Lipinski definition) is 5. The molecule has 0 aliphatic carbocycles. The standard InChI is InChI=1S/C22H27N5O2/c1-16(15-29-2)27-20(25-19-7-5-12-24-22(19)27)8-3-9-21(28)26-13-10-18-17(14-26)6-4-11-23-18/h4-7,11-12,16H,3,8-10,13-15H2,1-2H3/t16-/m1/s1. The summed E-state index contributed by atoms with van der Waals surface area (Å²) in [5, 5.41) is 0. The van der Waals surface area contributed by atoms with Gasteiger partial charge in [-0.3, -0.25) is 9.78 Å². The Kier molecular flexibility index (Phi) is 5.85. The van der Waals surface area contributed by atoms with Gasteiger partial charge < -0.3 is 14.2 Å². The molecular weight excluding hydrogens is 366 g/mol. The SMILES string of the molecule is COC[C@@H](C)n1c(CCCC(=O)N2CCc3ncccc3C2)nc2cccnc21. The number of imidazole rings is 1. The van der Waals surface area contributed by atoms with E-state index in [1.165, 1.54) is 0 Å². The second-order valence-electron chi connectivity index (χ2n) is 7.58. The van der Waals surface area contributed by atoms with Crippen LogP contribution in [0.2, 0.25) is 0 Å². The van der Waals surface area contributed by atoms with E-state index in [-0.39, 0.29) is 11.9 Å². The molecule has 4 heterocycles. The van der Waals surface area contributed by atoms with Crippen molar-refractivity contribution in [3.8, 4) is 0 Å². The molecule has 1 atom stereocenters. The molecule has 1 aliphatic rings. The predicted molar refractivity (Wildman–Crippen MR) is 110 cm³/mol. The summed E-state index contributed by atoms with van der Waals surface area (Å²) in [6, 6.07) is 8.01. The number of amides is 1. The van der Waals surface area contributed by atoms with Gasteiger partial charge in [-0.15, -0.1) is 0 Å². The van der Waals surface area contributed by atoms with Gasteiger partial charge in [-0.1, -0.05) is 6.07 Å². The molecule has 0 fully saturated rings. The van der Waals surface area contributed by atoms with Gasteiger partial charge in [0.1, 0.15) is 11.3 Å². The first kappa shape index (κ1) is 19.5. The fourth-order valence-corrected chi connectivity index (χ4v) is 4.07. The smallest absolute Gasteiger partial charge is 0.222 e. The molecule has 0 N–H and O–H groups in total. The summed E-state index contributed by atoms with van der Waals surface area (Å²) in [6.45, 7) is 4.10. The molecule has 4 rings (SSSR count). The quantitative estimate of drug-likeness (QED) is 0.617. The number of rotatable bonds is 7. The van der Waals surface area contributed by atoms with Crippen molar-refractivity contribution in [3.63, 3.8) is 0 Å². The Morgan fingerprint density at radius 3 is 2.93 bits per heavy atom. The molecule has 1 aliphatic heterocycles. The Morgan fingerprint density at radius 2 is 2.07 bits per heavy atom. The highest BCUT2D eigenvalue weighted by Gasteiger charge is 2.22. The van der Waals surface area contributed by atoms with E-state index in [4.69, 9.17) is 9.72 Å². The van der Waals surface area contributed by atoms with Gasteiger partial charge in [0, 0.05) is 57.5 Å². The van der Waals surface area contributed by atoms with Crippen molar-refractivity contribution in [2.45, 2.75) is 45.2 Å². The van der Waals surface area contributed by atoms with Crippen molar-refractivity contribution in [2.75, 3.05) is 20.3 Å². The van der Waals surface area contributed by atoms with Crippen LogP contribution in [0, 0.1) is 0 Å². The summed E-state index contributed by atoms with van der Waals surface area (Å²) in [7, 11) is 1.70. The monoisotopic (exact) mass is 393 g/mol. The average Bonchev–Trinajstić information content (AvgIpc) is 3.11. The summed E-state index contributed by atoms with van der Waals surface area (Å²) < 4.78 is 7.48. The number of methoxy groups -OCH3 is 1. The Balaban J connectivity index is 1.41. The number of carbonyl (C=O) groups excluding carboxylic acids is 1. The molecule has 3 aromatic heterocycles. The van der Waals surface area contributed by atoms with Gasteiger partial charge in [-0.2, -0.15) is 0 Å². The lowest BCUT2D eigenvalue weighted by Gasteiger charge is -2.28. The minimum Gasteiger partial charge on any atom is -0.383 e. The molecule has 0 spiro atoms. The number of aromatic nitrogens is 4. The number of carbonyl (C=O) groups is 1. The van der Waals surface area contributed by atoms with Crippen molar-refractivity contribution >= 4 is 17.1 Å². The highest BCUT2D eigenvalue weighted by atomic mass is 16.5. The van der Waals surface area contributed by atoms with Gasteiger partial charge in [0.05, 0.1) is 12.6 Å². The van der Waals surface area contributed by atoms with E-state index >= 15 is 0 Å². The van der Waals surface area contributed by atoms with E-state index in [0.29, 0.717) is 19.6 Å². The van der Waals surface area contributed by atoms with E-state index < -0.39 is 0 Å². The normalized spacial score (nSPS) is 14.8. The second kappa shape index (κ2) is 8.69. The van der Waals surface area contributed by atoms with Crippen LogP contribution in [-0.2, 0) is 28.9 Å². The summed E-state index contributed by atoms with van der Waals surface area (Å²) >= 11 is 0. The lowest BCUT2D eigenvalue weighted by atomic mass is 10.1. The number of hydrogen-bond donors (Lipinski definition) is 0. The maximum Gasteiger partial charge on any atom is 0.222 e. The number of nitrogens with zero attached hydrogens (tertiary/aromatic N) is 5. The van der Waals surface area contributed by atoms with Crippen LogP contribution in [0.4, 0.5) is 0 Å². The van der Waals surface area contributed by atoms with Gasteiger partial charge in [0.2, 0.25) is 5.91 Å². The zero-order chi connectivity index (χ0) is 20.2. The molecule has 0 saturated carbocycles. The molecule has 0 bridgehead atoms. The Morgan fingerprint density at radius 1 is 1.24 bits per heavy atom. The molecule has 0 radical (unpaired) electrons. The topological polar surface area (TPSA) is 73.1 Å². The summed E-state index contributed by atoms with van der Waals surface area (Å²) in [6.07, 6.45) is 6.46. The van der Waals surface area contributed by atoms with Crippen molar-refractivity contribution in [3.05, 3.63) is 53.7 Å². The maximum absolute atomic E-state index is 12.7. The summed E-state index contributed by atoms with van der Waals surface area (Å²) in [5.74, 6) is 1.16. The Hall–Kier alpha value is -2.80. The first-order valence-corrected chi connectivity index (χ1v) is 10.2. The number of fused-ring (bicyclic) bond motifs is 2. The molecule has 0 aromatic carbocycles. The molecule has 0 unspecified atom stereocenters.